The van der Waals surface area contributed by atoms with Crippen LogP contribution in [0.5, 0.6) is 0 Å². The zero-order valence-electron chi connectivity index (χ0n) is 19.2. The minimum absolute atomic E-state index is 0.0129. The Morgan fingerprint density at radius 1 is 1.19 bits per heavy atom. The Labute approximate surface area is 190 Å². The molecule has 0 radical (unpaired) electrons. The zero-order chi connectivity index (χ0) is 23.3. The summed E-state index contributed by atoms with van der Waals surface area (Å²) in [6.07, 6.45) is 2.39. The van der Waals surface area contributed by atoms with Crippen molar-refractivity contribution >= 4 is 23.4 Å². The van der Waals surface area contributed by atoms with Gasteiger partial charge in [-0.25, -0.2) is 4.98 Å². The zero-order valence-corrected chi connectivity index (χ0v) is 19.2. The van der Waals surface area contributed by atoms with Gasteiger partial charge in [-0.15, -0.1) is 0 Å². The average Bonchev–Trinajstić information content (AvgIpc) is 2.80. The molecular formula is C24H31N7O. The lowest BCUT2D eigenvalue weighted by molar-refractivity contribution is -0.122. The molecule has 0 bridgehead atoms. The number of aromatic nitrogens is 2. The fourth-order valence-corrected chi connectivity index (χ4v) is 2.73. The lowest BCUT2D eigenvalue weighted by Gasteiger charge is -2.12. The molecule has 8 heteroatoms. The van der Waals surface area contributed by atoms with Crippen molar-refractivity contribution in [2.75, 3.05) is 30.8 Å². The van der Waals surface area contributed by atoms with Gasteiger partial charge in [0.2, 0.25) is 11.9 Å². The number of unbranched alkanes of at least 4 members (excludes halogenated alkanes) is 1. The van der Waals surface area contributed by atoms with E-state index in [0.29, 0.717) is 30.3 Å². The second-order valence-corrected chi connectivity index (χ2v) is 7.30. The third-order valence-corrected chi connectivity index (χ3v) is 4.72. The Bertz CT molecular complexity index is 1000. The maximum atomic E-state index is 11.8. The van der Waals surface area contributed by atoms with E-state index in [2.05, 4.69) is 56.1 Å². The number of hydrogen-bond donors (Lipinski definition) is 4. The molecule has 1 aromatic carbocycles. The summed E-state index contributed by atoms with van der Waals surface area (Å²) in [7, 11) is 1.76. The SMILES string of the molecule is CCCNc1nc(Nc2ccc(C#N)cc2)nc(C)c1C#CCCCNC(=O)[C@H](C)NC. The van der Waals surface area contributed by atoms with E-state index in [1.54, 1.807) is 19.2 Å². The molecule has 2 aromatic rings. The van der Waals surface area contributed by atoms with Crippen molar-refractivity contribution < 1.29 is 4.79 Å². The number of amides is 1. The topological polar surface area (TPSA) is 115 Å². The van der Waals surface area contributed by atoms with Gasteiger partial charge in [0.25, 0.3) is 0 Å². The third-order valence-electron chi connectivity index (χ3n) is 4.72. The summed E-state index contributed by atoms with van der Waals surface area (Å²) in [6.45, 7) is 7.18. The Kier molecular flexibility index (Phi) is 9.96. The van der Waals surface area contributed by atoms with Crippen molar-refractivity contribution in [1.82, 2.24) is 20.6 Å². The van der Waals surface area contributed by atoms with Crippen LogP contribution in [0, 0.1) is 30.1 Å². The fourth-order valence-electron chi connectivity index (χ4n) is 2.73. The van der Waals surface area contributed by atoms with E-state index in [9.17, 15) is 4.79 Å². The third kappa shape index (κ3) is 7.57. The molecule has 1 aromatic heterocycles. The second-order valence-electron chi connectivity index (χ2n) is 7.30. The molecule has 1 atom stereocenters. The first-order valence-electron chi connectivity index (χ1n) is 10.8. The number of aryl methyl sites for hydroxylation is 1. The molecule has 0 unspecified atom stereocenters. The molecule has 8 nitrogen and oxygen atoms in total. The number of hydrogen-bond acceptors (Lipinski definition) is 7. The molecule has 0 aliphatic rings. The van der Waals surface area contributed by atoms with Crippen LogP contribution in [0.25, 0.3) is 0 Å². The first-order valence-corrected chi connectivity index (χ1v) is 10.8. The molecule has 0 fully saturated rings. The molecule has 2 rings (SSSR count). The molecule has 1 amide bonds. The van der Waals surface area contributed by atoms with Gasteiger partial charge in [0.1, 0.15) is 5.82 Å². The van der Waals surface area contributed by atoms with E-state index >= 15 is 0 Å². The number of nitrogens with zero attached hydrogens (tertiary/aromatic N) is 3. The van der Waals surface area contributed by atoms with Crippen molar-refractivity contribution in [2.24, 2.45) is 0 Å². The van der Waals surface area contributed by atoms with Crippen LogP contribution in [0.2, 0.25) is 0 Å². The van der Waals surface area contributed by atoms with E-state index in [4.69, 9.17) is 5.26 Å². The van der Waals surface area contributed by atoms with Gasteiger partial charge < -0.3 is 21.3 Å². The first-order chi connectivity index (χ1) is 15.5. The normalized spacial score (nSPS) is 11.0. The number of carbonyl (C=O) groups excluding carboxylic acids is 1. The monoisotopic (exact) mass is 433 g/mol. The number of likely N-dealkylation sites (N-methyl/N-ethyl adjacent to an activating group) is 1. The van der Waals surface area contributed by atoms with Crippen LogP contribution in [-0.4, -0.2) is 42.1 Å². The summed E-state index contributed by atoms with van der Waals surface area (Å²) in [5.41, 5.74) is 2.95. The van der Waals surface area contributed by atoms with Crippen LogP contribution in [-0.2, 0) is 4.79 Å². The molecular weight excluding hydrogens is 402 g/mol. The van der Waals surface area contributed by atoms with Crippen LogP contribution in [0.3, 0.4) is 0 Å². The van der Waals surface area contributed by atoms with Crippen molar-refractivity contribution in [1.29, 1.82) is 5.26 Å². The lowest BCUT2D eigenvalue weighted by Crippen LogP contribution is -2.40. The smallest absolute Gasteiger partial charge is 0.236 e. The highest BCUT2D eigenvalue weighted by Crippen LogP contribution is 2.20. The summed E-state index contributed by atoms with van der Waals surface area (Å²) in [4.78, 5) is 20.9. The van der Waals surface area contributed by atoms with E-state index in [1.807, 2.05) is 26.0 Å². The Balaban J connectivity index is 2.07. The highest BCUT2D eigenvalue weighted by molar-refractivity contribution is 5.81. The summed E-state index contributed by atoms with van der Waals surface area (Å²) in [5, 5.41) is 21.3. The van der Waals surface area contributed by atoms with Crippen LogP contribution in [0.4, 0.5) is 17.5 Å². The maximum Gasteiger partial charge on any atom is 0.236 e. The van der Waals surface area contributed by atoms with Gasteiger partial charge in [-0.3, -0.25) is 4.79 Å². The highest BCUT2D eigenvalue weighted by Gasteiger charge is 2.11. The van der Waals surface area contributed by atoms with E-state index in [-0.39, 0.29) is 11.9 Å². The quantitative estimate of drug-likeness (QED) is 0.336. The lowest BCUT2D eigenvalue weighted by atomic mass is 10.2. The molecule has 0 saturated heterocycles. The van der Waals surface area contributed by atoms with Gasteiger partial charge in [0.05, 0.1) is 28.9 Å². The first kappa shape index (κ1) is 24.6. The van der Waals surface area contributed by atoms with Gasteiger partial charge in [-0.05, 0) is 58.0 Å². The van der Waals surface area contributed by atoms with Gasteiger partial charge in [-0.2, -0.15) is 10.2 Å². The number of nitrogens with one attached hydrogen (secondary N) is 4. The van der Waals surface area contributed by atoms with Crippen LogP contribution < -0.4 is 21.3 Å². The molecule has 0 aliphatic carbocycles. The number of rotatable bonds is 10. The minimum atomic E-state index is -0.204. The minimum Gasteiger partial charge on any atom is -0.369 e. The molecule has 0 aliphatic heterocycles. The number of nitriles is 1. The predicted octanol–water partition coefficient (Wildman–Crippen LogP) is 3.08. The average molecular weight is 434 g/mol. The molecule has 1 heterocycles. The summed E-state index contributed by atoms with van der Waals surface area (Å²) in [5.74, 6) is 7.51. The van der Waals surface area contributed by atoms with Crippen LogP contribution in [0.1, 0.15) is 49.9 Å². The predicted molar refractivity (Wildman–Crippen MR) is 128 cm³/mol. The Hall–Kier alpha value is -3.62. The van der Waals surface area contributed by atoms with E-state index in [0.717, 1.165) is 36.3 Å². The van der Waals surface area contributed by atoms with Crippen LogP contribution >= 0.6 is 0 Å². The summed E-state index contributed by atoms with van der Waals surface area (Å²) in [6, 6.07) is 9.03. The highest BCUT2D eigenvalue weighted by atomic mass is 16.2. The van der Waals surface area contributed by atoms with Crippen molar-refractivity contribution in [3.63, 3.8) is 0 Å². The molecule has 4 N–H and O–H groups in total. The maximum absolute atomic E-state index is 11.8. The molecule has 168 valence electrons. The fraction of sp³-hybridized carbons (Fsp3) is 0.417. The van der Waals surface area contributed by atoms with E-state index < -0.39 is 0 Å². The summed E-state index contributed by atoms with van der Waals surface area (Å²) >= 11 is 0. The van der Waals surface area contributed by atoms with Crippen molar-refractivity contribution in [3.8, 4) is 17.9 Å². The Morgan fingerprint density at radius 3 is 2.59 bits per heavy atom. The largest absolute Gasteiger partial charge is 0.369 e. The standard InChI is InChI=1S/C24H31N7O/c1-5-14-27-22-21(9-7-6-8-15-28-23(32)18(3)26-4)17(2)29-24(31-22)30-20-12-10-19(16-25)11-13-20/h10-13,18,26H,5-6,8,14-15H2,1-4H3,(H,28,32)(H2,27,29,30,31)/t18-/m0/s1. The second kappa shape index (κ2) is 12.9. The van der Waals surface area contributed by atoms with Gasteiger partial charge >= 0.3 is 0 Å². The van der Waals surface area contributed by atoms with Crippen molar-refractivity contribution in [2.45, 2.75) is 46.1 Å². The van der Waals surface area contributed by atoms with Crippen molar-refractivity contribution in [3.05, 3.63) is 41.1 Å². The van der Waals surface area contributed by atoms with Crippen LogP contribution in [0.15, 0.2) is 24.3 Å². The van der Waals surface area contributed by atoms with Gasteiger partial charge in [-0.1, -0.05) is 18.8 Å². The molecule has 0 spiro atoms. The molecule has 0 saturated carbocycles. The summed E-state index contributed by atoms with van der Waals surface area (Å²) < 4.78 is 0. The van der Waals surface area contributed by atoms with Gasteiger partial charge in [0, 0.05) is 25.2 Å². The number of benzene rings is 1. The van der Waals surface area contributed by atoms with E-state index in [1.165, 1.54) is 0 Å². The molecule has 32 heavy (non-hydrogen) atoms. The van der Waals surface area contributed by atoms with Gasteiger partial charge in [0.15, 0.2) is 0 Å². The number of carbonyl (C=O) groups is 1. The number of anilines is 3. The Morgan fingerprint density at radius 2 is 1.94 bits per heavy atom.